The van der Waals surface area contributed by atoms with Crippen molar-refractivity contribution in [1.29, 1.82) is 0 Å². The van der Waals surface area contributed by atoms with E-state index in [-0.39, 0.29) is 20.1 Å². The van der Waals surface area contributed by atoms with E-state index in [1.165, 1.54) is 76.6 Å². The second kappa shape index (κ2) is 20.3. The summed E-state index contributed by atoms with van der Waals surface area (Å²) in [5.41, 5.74) is 19.7. The number of rotatable bonds is 10. The zero-order valence-electron chi connectivity index (χ0n) is 40.7. The van der Waals surface area contributed by atoms with Gasteiger partial charge in [0.1, 0.15) is 0 Å². The van der Waals surface area contributed by atoms with Crippen LogP contribution in [0.2, 0.25) is 19.6 Å². The third-order valence-corrected chi connectivity index (χ3v) is 15.4. The van der Waals surface area contributed by atoms with Crippen molar-refractivity contribution in [3.63, 3.8) is 0 Å². The summed E-state index contributed by atoms with van der Waals surface area (Å²) in [6.07, 6.45) is 3.24. The van der Waals surface area contributed by atoms with Gasteiger partial charge in [-0.25, -0.2) is 0 Å². The van der Waals surface area contributed by atoms with E-state index in [9.17, 15) is 0 Å². The van der Waals surface area contributed by atoms with Crippen molar-refractivity contribution in [2.24, 2.45) is 5.92 Å². The van der Waals surface area contributed by atoms with E-state index >= 15 is 0 Å². The predicted octanol–water partition coefficient (Wildman–Crippen LogP) is 16.5. The third kappa shape index (κ3) is 10.2. The monoisotopic (exact) mass is 1080 g/mol. The van der Waals surface area contributed by atoms with Crippen LogP contribution in [0.4, 0.5) is 0 Å². The van der Waals surface area contributed by atoms with Crippen molar-refractivity contribution in [1.82, 2.24) is 14.5 Å². The molecule has 3 heterocycles. The van der Waals surface area contributed by atoms with Gasteiger partial charge in [0.2, 0.25) is 0 Å². The summed E-state index contributed by atoms with van der Waals surface area (Å²) in [4.78, 5) is 10.0. The Hall–Kier alpha value is -5.23. The molecule has 3 aromatic heterocycles. The number of aryl methyl sites for hydroxylation is 3. The largest absolute Gasteiger partial charge is 0.333 e. The Labute approximate surface area is 412 Å². The first-order chi connectivity index (χ1) is 31.1. The molecule has 66 heavy (non-hydrogen) atoms. The molecule has 3 nitrogen and oxygen atoms in total. The van der Waals surface area contributed by atoms with Crippen LogP contribution in [0.1, 0.15) is 86.8 Å². The Balaban J connectivity index is 0.000000260. The van der Waals surface area contributed by atoms with E-state index in [4.69, 9.17) is 4.98 Å². The molecule has 0 bridgehead atoms. The molecule has 0 saturated carbocycles. The van der Waals surface area contributed by atoms with Crippen LogP contribution in [-0.4, -0.2) is 22.6 Å². The fourth-order valence-corrected chi connectivity index (χ4v) is 11.9. The van der Waals surface area contributed by atoms with Gasteiger partial charge in [0.05, 0.1) is 24.9 Å². The zero-order valence-corrected chi connectivity index (χ0v) is 44.9. The molecule has 339 valence electrons. The topological polar surface area (TPSA) is 30.7 Å². The smallest absolute Gasteiger partial charge is 0.0798 e. The van der Waals surface area contributed by atoms with Crippen molar-refractivity contribution >= 4 is 45.7 Å². The second-order valence-electron chi connectivity index (χ2n) is 19.9. The Morgan fingerprint density at radius 1 is 0.682 bits per heavy atom. The van der Waals surface area contributed by atoms with Crippen LogP contribution in [0.3, 0.4) is 0 Å². The number of benzene rings is 6. The van der Waals surface area contributed by atoms with Gasteiger partial charge in [-0.2, -0.15) is 0 Å². The van der Waals surface area contributed by atoms with Crippen LogP contribution in [0, 0.1) is 38.1 Å². The molecule has 0 aliphatic rings. The van der Waals surface area contributed by atoms with Crippen molar-refractivity contribution < 1.29 is 20.1 Å². The molecule has 0 aliphatic heterocycles. The predicted molar refractivity (Wildman–Crippen MR) is 284 cm³/mol. The van der Waals surface area contributed by atoms with E-state index in [1.807, 2.05) is 18.2 Å². The number of hydrogen-bond acceptors (Lipinski definition) is 3. The summed E-state index contributed by atoms with van der Waals surface area (Å²) in [5.74, 6) is 2.25. The van der Waals surface area contributed by atoms with Crippen molar-refractivity contribution in [3.8, 4) is 50.6 Å². The maximum Gasteiger partial charge on any atom is 0.0798 e. The number of fused-ring (bicyclic) bond motifs is 2. The molecule has 9 aromatic rings. The van der Waals surface area contributed by atoms with E-state index in [2.05, 4.69) is 218 Å². The van der Waals surface area contributed by atoms with Crippen LogP contribution in [-0.2, 0) is 26.5 Å². The van der Waals surface area contributed by atoms with Crippen molar-refractivity contribution in [3.05, 3.63) is 178 Å². The number of aromatic nitrogens is 3. The van der Waals surface area contributed by atoms with Crippen LogP contribution < -0.4 is 5.19 Å². The molecule has 0 saturated heterocycles. The van der Waals surface area contributed by atoms with E-state index in [1.54, 1.807) is 11.3 Å². The number of thiophene rings is 1. The van der Waals surface area contributed by atoms with Gasteiger partial charge in [-0.3, -0.25) is 16.3 Å². The zero-order chi connectivity index (χ0) is 46.2. The fraction of sp³-hybridized carbons (Fsp3) is 0.267. The number of imidazole rings is 1. The average Bonchev–Trinajstić information content (AvgIpc) is 3.87. The van der Waals surface area contributed by atoms with Crippen LogP contribution in [0.5, 0.6) is 0 Å². The number of nitrogens with zero attached hydrogens (tertiary/aromatic N) is 3. The first kappa shape index (κ1) is 48.7. The summed E-state index contributed by atoms with van der Waals surface area (Å²) >= 11 is 1.68. The van der Waals surface area contributed by atoms with Gasteiger partial charge in [0.15, 0.2) is 0 Å². The van der Waals surface area contributed by atoms with Gasteiger partial charge in [-0.1, -0.05) is 167 Å². The molecular weight excluding hydrogens is 1020 g/mol. The van der Waals surface area contributed by atoms with Gasteiger partial charge in [-0.15, -0.1) is 41.3 Å². The fourth-order valence-electron chi connectivity index (χ4n) is 9.45. The first-order valence-electron chi connectivity index (χ1n) is 23.3. The molecule has 6 heteroatoms. The summed E-state index contributed by atoms with van der Waals surface area (Å²) in [6, 6.07) is 49.2. The Bertz CT molecular complexity index is 3060. The van der Waals surface area contributed by atoms with Gasteiger partial charge >= 0.3 is 0 Å². The van der Waals surface area contributed by atoms with Crippen LogP contribution in [0.25, 0.3) is 71.7 Å². The van der Waals surface area contributed by atoms with Gasteiger partial charge in [-0.05, 0) is 125 Å². The van der Waals surface area contributed by atoms with E-state index < -0.39 is 8.07 Å². The SMILES string of the molecule is CC(C)Cc1cc(-c2[c-]cccc2)ncc1[Si](C)(C)C.Cc1cc(C)c(-c2ccc3s[c-]c(-c4nc5ccccc5n4-c4c(C(C)C)cc(-c5ccccc5)cc4C(C)C)c3c2)c(C)c1.[Ir]. The molecule has 0 unspecified atom stereocenters. The van der Waals surface area contributed by atoms with Crippen molar-refractivity contribution in [2.45, 2.75) is 100 Å². The maximum atomic E-state index is 5.35. The van der Waals surface area contributed by atoms with E-state index in [0.717, 1.165) is 40.1 Å². The molecule has 0 N–H and O–H groups in total. The number of hydrogen-bond donors (Lipinski definition) is 0. The number of pyridine rings is 1. The normalized spacial score (nSPS) is 11.7. The minimum atomic E-state index is -1.34. The van der Waals surface area contributed by atoms with E-state index in [0.29, 0.717) is 17.8 Å². The van der Waals surface area contributed by atoms with Gasteiger partial charge < -0.3 is 9.55 Å². The minimum absolute atomic E-state index is 0. The molecular formula is C60H63IrN3SSi-2. The molecule has 1 radical (unpaired) electrons. The molecule has 9 rings (SSSR count). The average molecular weight is 1080 g/mol. The van der Waals surface area contributed by atoms with Crippen molar-refractivity contribution in [2.75, 3.05) is 0 Å². The molecule has 0 atom stereocenters. The molecule has 0 aliphatic carbocycles. The Morgan fingerprint density at radius 3 is 1.95 bits per heavy atom. The van der Waals surface area contributed by atoms with Crippen LogP contribution in [0.15, 0.2) is 134 Å². The second-order valence-corrected chi connectivity index (χ2v) is 25.7. The minimum Gasteiger partial charge on any atom is -0.333 e. The van der Waals surface area contributed by atoms with Gasteiger partial charge in [0, 0.05) is 32.0 Å². The third-order valence-electron chi connectivity index (χ3n) is 12.4. The summed E-state index contributed by atoms with van der Waals surface area (Å²) in [7, 11) is -1.34. The Morgan fingerprint density at radius 2 is 1.33 bits per heavy atom. The molecule has 0 fully saturated rings. The maximum absolute atomic E-state index is 5.35. The summed E-state index contributed by atoms with van der Waals surface area (Å²) in [6.45, 7) is 27.6. The summed E-state index contributed by atoms with van der Waals surface area (Å²) in [5, 5.41) is 6.40. The standard InChI is InChI=1S/C42H39N2S.C18H24NSi.Ir/c1-25(2)33-22-32(30-13-9-8-10-14-30)23-34(26(3)4)41(33)44-38-16-12-11-15-37(38)43-42(44)36-24-45-39-18-17-31(21-35(36)39)40-28(6)19-27(5)20-29(40)7;1-14(2)11-16-12-17(15-9-7-6-8-10-15)19-13-18(16)20(3,4)5;/h8-23,25-26H,1-7H3;6-9,12-14H,11H2,1-5H3;/q2*-1;. The first-order valence-corrected chi connectivity index (χ1v) is 27.6. The molecule has 0 amide bonds. The molecule has 0 spiro atoms. The quantitative estimate of drug-likeness (QED) is 0.101. The molecule has 6 aromatic carbocycles. The Kier molecular flexibility index (Phi) is 15.0. The van der Waals surface area contributed by atoms with Crippen LogP contribution >= 0.6 is 11.3 Å². The number of para-hydroxylation sites is 2. The summed E-state index contributed by atoms with van der Waals surface area (Å²) < 4.78 is 3.66. The van der Waals surface area contributed by atoms with Gasteiger partial charge in [0.25, 0.3) is 0 Å².